The van der Waals surface area contributed by atoms with Crippen molar-refractivity contribution in [3.8, 4) is 5.88 Å². The van der Waals surface area contributed by atoms with E-state index in [1.807, 2.05) is 19.1 Å². The maximum Gasteiger partial charge on any atom is 0.230 e. The van der Waals surface area contributed by atoms with Gasteiger partial charge in [-0.3, -0.25) is 4.90 Å². The molecule has 2 aromatic heterocycles. The zero-order valence-corrected chi connectivity index (χ0v) is 15.1. The zero-order chi connectivity index (χ0) is 16.0. The van der Waals surface area contributed by atoms with Gasteiger partial charge in [-0.05, 0) is 50.6 Å². The number of rotatable bonds is 3. The van der Waals surface area contributed by atoms with Crippen molar-refractivity contribution in [2.75, 3.05) is 13.1 Å². The summed E-state index contributed by atoms with van der Waals surface area (Å²) in [5, 5.41) is 15.0. The lowest BCUT2D eigenvalue weighted by Crippen LogP contribution is -2.26. The van der Waals surface area contributed by atoms with Gasteiger partial charge in [-0.1, -0.05) is 39.4 Å². The van der Waals surface area contributed by atoms with E-state index < -0.39 is 0 Å². The molecule has 4 rings (SSSR count). The minimum Gasteiger partial charge on any atom is -0.492 e. The maximum atomic E-state index is 10.7. The Labute approximate surface area is 146 Å². The van der Waals surface area contributed by atoms with Crippen molar-refractivity contribution in [1.29, 1.82) is 0 Å². The smallest absolute Gasteiger partial charge is 0.230 e. The predicted molar refractivity (Wildman–Crippen MR) is 94.1 cm³/mol. The molecule has 3 heterocycles. The number of benzene rings is 1. The summed E-state index contributed by atoms with van der Waals surface area (Å²) in [5.41, 5.74) is 1.18. The molecule has 3 aromatic rings. The first kappa shape index (κ1) is 15.1. The van der Waals surface area contributed by atoms with Crippen molar-refractivity contribution in [1.82, 2.24) is 19.5 Å². The summed E-state index contributed by atoms with van der Waals surface area (Å²) in [5.74, 6) is 0.890. The molecule has 7 heteroatoms. The van der Waals surface area contributed by atoms with Gasteiger partial charge >= 0.3 is 0 Å². The maximum absolute atomic E-state index is 10.7. The van der Waals surface area contributed by atoms with Crippen LogP contribution in [0.1, 0.15) is 35.1 Å². The summed E-state index contributed by atoms with van der Waals surface area (Å²) in [7, 11) is 0. The molecule has 1 atom stereocenters. The van der Waals surface area contributed by atoms with Crippen molar-refractivity contribution >= 4 is 32.2 Å². The Morgan fingerprint density at radius 1 is 1.30 bits per heavy atom. The molecule has 1 aliphatic rings. The van der Waals surface area contributed by atoms with Crippen LogP contribution in [0.2, 0.25) is 0 Å². The van der Waals surface area contributed by atoms with E-state index in [1.165, 1.54) is 29.7 Å². The number of fused-ring (bicyclic) bond motifs is 1. The highest BCUT2D eigenvalue weighted by Crippen LogP contribution is 2.41. The second-order valence-electron chi connectivity index (χ2n) is 5.84. The Balaban J connectivity index is 1.86. The van der Waals surface area contributed by atoms with Crippen LogP contribution in [0.5, 0.6) is 5.88 Å². The van der Waals surface area contributed by atoms with Gasteiger partial charge < -0.3 is 5.11 Å². The molecule has 0 spiro atoms. The molecule has 1 N–H and O–H groups in total. The monoisotopic (exact) mass is 392 g/mol. The Bertz CT molecular complexity index is 853. The molecule has 1 aliphatic heterocycles. The van der Waals surface area contributed by atoms with Gasteiger partial charge in [-0.25, -0.2) is 4.98 Å². The lowest BCUT2D eigenvalue weighted by atomic mass is 10.0. The van der Waals surface area contributed by atoms with E-state index >= 15 is 0 Å². The SMILES string of the molecule is Cc1nc2sc([C@H](c3cccc(Br)c3)N3CCCC3)c(O)n2n1. The molecule has 0 aliphatic carbocycles. The highest BCUT2D eigenvalue weighted by Gasteiger charge is 2.31. The van der Waals surface area contributed by atoms with E-state index in [9.17, 15) is 5.11 Å². The zero-order valence-electron chi connectivity index (χ0n) is 12.7. The largest absolute Gasteiger partial charge is 0.492 e. The van der Waals surface area contributed by atoms with Crippen molar-refractivity contribution in [3.63, 3.8) is 0 Å². The highest BCUT2D eigenvalue weighted by molar-refractivity contribution is 9.10. The van der Waals surface area contributed by atoms with Crippen molar-refractivity contribution in [3.05, 3.63) is 45.0 Å². The Kier molecular flexibility index (Phi) is 3.87. The molecule has 5 nitrogen and oxygen atoms in total. The van der Waals surface area contributed by atoms with Gasteiger partial charge in [0.15, 0.2) is 0 Å². The fourth-order valence-electron chi connectivity index (χ4n) is 3.23. The third kappa shape index (κ3) is 2.66. The first-order valence-electron chi connectivity index (χ1n) is 7.68. The number of halogens is 1. The van der Waals surface area contributed by atoms with Gasteiger partial charge in [0.25, 0.3) is 0 Å². The molecule has 0 unspecified atom stereocenters. The number of hydrogen-bond acceptors (Lipinski definition) is 5. The summed E-state index contributed by atoms with van der Waals surface area (Å²) in [4.78, 5) is 8.49. The molecule has 1 fully saturated rings. The number of thiazole rings is 1. The lowest BCUT2D eigenvalue weighted by Gasteiger charge is -2.27. The van der Waals surface area contributed by atoms with Crippen molar-refractivity contribution < 1.29 is 5.11 Å². The van der Waals surface area contributed by atoms with E-state index in [0.717, 1.165) is 27.4 Å². The minimum atomic E-state index is 0.0452. The van der Waals surface area contributed by atoms with Crippen LogP contribution in [0.4, 0.5) is 0 Å². The van der Waals surface area contributed by atoms with Crippen LogP contribution in [-0.2, 0) is 0 Å². The van der Waals surface area contributed by atoms with Crippen LogP contribution in [0.3, 0.4) is 0 Å². The van der Waals surface area contributed by atoms with Crippen molar-refractivity contribution in [2.45, 2.75) is 25.8 Å². The van der Waals surface area contributed by atoms with Crippen LogP contribution in [0, 0.1) is 6.92 Å². The number of aromatic nitrogens is 3. The van der Waals surface area contributed by atoms with Crippen LogP contribution >= 0.6 is 27.3 Å². The average Bonchev–Trinajstić information content (AvgIpc) is 3.21. The van der Waals surface area contributed by atoms with Gasteiger partial charge in [-0.15, -0.1) is 5.10 Å². The van der Waals surface area contributed by atoms with Gasteiger partial charge in [0.1, 0.15) is 5.82 Å². The highest BCUT2D eigenvalue weighted by atomic mass is 79.9. The number of aryl methyl sites for hydroxylation is 1. The molecule has 0 bridgehead atoms. The Hall–Kier alpha value is -1.44. The van der Waals surface area contributed by atoms with E-state index in [0.29, 0.717) is 5.82 Å². The summed E-state index contributed by atoms with van der Waals surface area (Å²) < 4.78 is 2.60. The van der Waals surface area contributed by atoms with E-state index in [-0.39, 0.29) is 11.9 Å². The van der Waals surface area contributed by atoms with Crippen LogP contribution in [0.25, 0.3) is 4.96 Å². The second-order valence-corrected chi connectivity index (χ2v) is 7.77. The van der Waals surface area contributed by atoms with Gasteiger partial charge in [-0.2, -0.15) is 4.52 Å². The number of hydrogen-bond donors (Lipinski definition) is 1. The van der Waals surface area contributed by atoms with Crippen LogP contribution in [-0.4, -0.2) is 37.7 Å². The number of aromatic hydroxyl groups is 1. The normalized spacial score (nSPS) is 17.1. The molecule has 0 radical (unpaired) electrons. The molecule has 0 saturated carbocycles. The molecular formula is C16H17BrN4OS. The molecule has 1 aromatic carbocycles. The van der Waals surface area contributed by atoms with Crippen molar-refractivity contribution in [2.24, 2.45) is 0 Å². The fourth-order valence-corrected chi connectivity index (χ4v) is 4.81. The van der Waals surface area contributed by atoms with Gasteiger partial charge in [0.2, 0.25) is 10.8 Å². The molecule has 120 valence electrons. The molecule has 0 amide bonds. The first-order chi connectivity index (χ1) is 11.1. The van der Waals surface area contributed by atoms with Gasteiger partial charge in [0, 0.05) is 4.47 Å². The molecule has 1 saturated heterocycles. The van der Waals surface area contributed by atoms with E-state index in [2.05, 4.69) is 43.0 Å². The van der Waals surface area contributed by atoms with E-state index in [4.69, 9.17) is 0 Å². The average molecular weight is 393 g/mol. The second kappa shape index (κ2) is 5.89. The summed E-state index contributed by atoms with van der Waals surface area (Å²) >= 11 is 5.08. The third-order valence-electron chi connectivity index (χ3n) is 4.22. The molecular weight excluding hydrogens is 376 g/mol. The van der Waals surface area contributed by atoms with E-state index in [1.54, 1.807) is 4.52 Å². The predicted octanol–water partition coefficient (Wildman–Crippen LogP) is 3.75. The lowest BCUT2D eigenvalue weighted by molar-refractivity contribution is 0.277. The number of nitrogens with zero attached hydrogens (tertiary/aromatic N) is 4. The molecule has 23 heavy (non-hydrogen) atoms. The van der Waals surface area contributed by atoms with Gasteiger partial charge in [0.05, 0.1) is 10.9 Å². The fraction of sp³-hybridized carbons (Fsp3) is 0.375. The standard InChI is InChI=1S/C16H17BrN4OS/c1-10-18-16-21(19-10)15(22)14(23-16)13(20-7-2-3-8-20)11-5-4-6-12(17)9-11/h4-6,9,13,22H,2-3,7-8H2,1H3/t13-/m0/s1. The summed E-state index contributed by atoms with van der Waals surface area (Å²) in [6, 6.07) is 8.36. The summed E-state index contributed by atoms with van der Waals surface area (Å²) in [6.07, 6.45) is 2.40. The quantitative estimate of drug-likeness (QED) is 0.737. The first-order valence-corrected chi connectivity index (χ1v) is 9.29. The number of likely N-dealkylation sites (tertiary alicyclic amines) is 1. The Morgan fingerprint density at radius 2 is 2.09 bits per heavy atom. The third-order valence-corrected chi connectivity index (χ3v) is 5.79. The van der Waals surface area contributed by atoms with Crippen LogP contribution in [0.15, 0.2) is 28.7 Å². The summed E-state index contributed by atoms with van der Waals surface area (Å²) in [6.45, 7) is 3.93. The topological polar surface area (TPSA) is 53.7 Å². The minimum absolute atomic E-state index is 0.0452. The Morgan fingerprint density at radius 3 is 2.78 bits per heavy atom. The van der Waals surface area contributed by atoms with Crippen LogP contribution < -0.4 is 0 Å².